The van der Waals surface area contributed by atoms with Crippen LogP contribution in [-0.2, 0) is 16.4 Å². The van der Waals surface area contributed by atoms with E-state index in [1.54, 1.807) is 18.2 Å². The van der Waals surface area contributed by atoms with E-state index in [0.717, 1.165) is 22.4 Å². The van der Waals surface area contributed by atoms with Gasteiger partial charge in [-0.1, -0.05) is 42.0 Å². The quantitative estimate of drug-likeness (QED) is 0.557. The lowest BCUT2D eigenvalue weighted by atomic mass is 10.1. The smallest absolute Gasteiger partial charge is 0.261 e. The van der Waals surface area contributed by atoms with Gasteiger partial charge in [-0.05, 0) is 37.5 Å². The van der Waals surface area contributed by atoms with Crippen LogP contribution in [0.25, 0.3) is 0 Å². The molecule has 1 aliphatic rings. The molecule has 142 valence electrons. The summed E-state index contributed by atoms with van der Waals surface area (Å²) in [4.78, 5) is 25.7. The summed E-state index contributed by atoms with van der Waals surface area (Å²) in [5.74, 6) is -1.17. The Balaban J connectivity index is 1.50. The summed E-state index contributed by atoms with van der Waals surface area (Å²) in [5.41, 5.74) is 2.70. The second-order valence-corrected chi connectivity index (χ2v) is 8.54. The van der Waals surface area contributed by atoms with Gasteiger partial charge in [-0.2, -0.15) is 0 Å². The minimum absolute atomic E-state index is 0.153. The van der Waals surface area contributed by atoms with Crippen LogP contribution in [0.4, 0.5) is 0 Å². The highest BCUT2D eigenvalue weighted by molar-refractivity contribution is 7.89. The molecule has 3 rings (SSSR count). The van der Waals surface area contributed by atoms with Crippen molar-refractivity contribution in [1.29, 1.82) is 0 Å². The molecule has 0 saturated carbocycles. The fraction of sp³-hybridized carbons (Fsp3) is 0.300. The number of carbonyl (C=O) groups excluding carboxylic acids is 2. The van der Waals surface area contributed by atoms with Crippen molar-refractivity contribution in [1.82, 2.24) is 9.62 Å². The molecule has 0 bridgehead atoms. The molecule has 0 atom stereocenters. The summed E-state index contributed by atoms with van der Waals surface area (Å²) in [5, 5.41) is 0. The number of fused-ring (bicyclic) bond motifs is 1. The lowest BCUT2D eigenvalue weighted by Gasteiger charge is -2.14. The van der Waals surface area contributed by atoms with E-state index in [4.69, 9.17) is 0 Å². The van der Waals surface area contributed by atoms with Crippen molar-refractivity contribution < 1.29 is 18.0 Å². The predicted molar refractivity (Wildman–Crippen MR) is 103 cm³/mol. The molecule has 0 aliphatic carbocycles. The van der Waals surface area contributed by atoms with Gasteiger partial charge in [0.15, 0.2) is 0 Å². The summed E-state index contributed by atoms with van der Waals surface area (Å²) in [7, 11) is -3.56. The Hall–Kier alpha value is -2.51. The van der Waals surface area contributed by atoms with E-state index in [2.05, 4.69) is 4.72 Å². The van der Waals surface area contributed by atoms with E-state index >= 15 is 0 Å². The van der Waals surface area contributed by atoms with Gasteiger partial charge in [-0.3, -0.25) is 14.5 Å². The van der Waals surface area contributed by atoms with Crippen LogP contribution in [0.3, 0.4) is 0 Å². The second-order valence-electron chi connectivity index (χ2n) is 6.61. The SMILES string of the molecule is Cc1ccc2c(c1)C(=O)N(CCS(=O)(=O)NCCCc1ccccc1)C2=O. The Labute approximate surface area is 159 Å². The molecule has 0 spiro atoms. The minimum Gasteiger partial charge on any atom is -0.273 e. The minimum atomic E-state index is -3.56. The third kappa shape index (κ3) is 4.61. The van der Waals surface area contributed by atoms with E-state index in [-0.39, 0.29) is 12.3 Å². The Bertz CT molecular complexity index is 955. The Morgan fingerprint density at radius 2 is 1.67 bits per heavy atom. The molecule has 1 aliphatic heterocycles. The summed E-state index contributed by atoms with van der Waals surface area (Å²) in [6.45, 7) is 2.00. The number of amides is 2. The van der Waals surface area contributed by atoms with Crippen LogP contribution in [0, 0.1) is 6.92 Å². The summed E-state index contributed by atoms with van der Waals surface area (Å²) >= 11 is 0. The molecular weight excluding hydrogens is 364 g/mol. The van der Waals surface area contributed by atoms with Gasteiger partial charge >= 0.3 is 0 Å². The van der Waals surface area contributed by atoms with Crippen molar-refractivity contribution in [3.05, 3.63) is 70.8 Å². The third-order valence-electron chi connectivity index (χ3n) is 4.52. The lowest BCUT2D eigenvalue weighted by Crippen LogP contribution is -2.38. The monoisotopic (exact) mass is 386 g/mol. The van der Waals surface area contributed by atoms with Crippen molar-refractivity contribution in [3.63, 3.8) is 0 Å². The van der Waals surface area contributed by atoms with Gasteiger partial charge in [0.05, 0.1) is 16.9 Å². The molecule has 6 nitrogen and oxygen atoms in total. The number of carbonyl (C=O) groups is 2. The number of hydrogen-bond acceptors (Lipinski definition) is 4. The first kappa shape index (κ1) is 19.3. The largest absolute Gasteiger partial charge is 0.273 e. The van der Waals surface area contributed by atoms with Gasteiger partial charge in [-0.15, -0.1) is 0 Å². The Kier molecular flexibility index (Phi) is 5.72. The van der Waals surface area contributed by atoms with Crippen LogP contribution >= 0.6 is 0 Å². The molecule has 0 unspecified atom stereocenters. The van der Waals surface area contributed by atoms with E-state index in [1.807, 2.05) is 37.3 Å². The van der Waals surface area contributed by atoms with Crippen LogP contribution in [-0.4, -0.2) is 44.0 Å². The average molecular weight is 386 g/mol. The zero-order valence-electron chi connectivity index (χ0n) is 15.1. The van der Waals surface area contributed by atoms with Crippen LogP contribution in [0.1, 0.15) is 38.3 Å². The Morgan fingerprint density at radius 1 is 0.963 bits per heavy atom. The molecule has 0 fully saturated rings. The van der Waals surface area contributed by atoms with Crippen LogP contribution in [0.2, 0.25) is 0 Å². The van der Waals surface area contributed by atoms with E-state index in [1.165, 1.54) is 0 Å². The molecule has 0 saturated heterocycles. The van der Waals surface area contributed by atoms with E-state index in [9.17, 15) is 18.0 Å². The highest BCUT2D eigenvalue weighted by atomic mass is 32.2. The second kappa shape index (κ2) is 8.02. The number of nitrogens with one attached hydrogen (secondary N) is 1. The number of benzene rings is 2. The van der Waals surface area contributed by atoms with Crippen molar-refractivity contribution in [2.75, 3.05) is 18.8 Å². The topological polar surface area (TPSA) is 83.6 Å². The summed E-state index contributed by atoms with van der Waals surface area (Å²) < 4.78 is 26.9. The standard InChI is InChI=1S/C20H22N2O4S/c1-15-9-10-17-18(14-15)20(24)22(19(17)23)12-13-27(25,26)21-11-5-8-16-6-3-2-4-7-16/h2-4,6-7,9-10,14,21H,5,8,11-13H2,1H3. The fourth-order valence-electron chi connectivity index (χ4n) is 3.06. The zero-order valence-corrected chi connectivity index (χ0v) is 16.0. The van der Waals surface area contributed by atoms with Crippen LogP contribution < -0.4 is 4.72 Å². The summed E-state index contributed by atoms with van der Waals surface area (Å²) in [6.07, 6.45) is 1.46. The molecule has 27 heavy (non-hydrogen) atoms. The number of sulfonamides is 1. The molecule has 0 aromatic heterocycles. The van der Waals surface area contributed by atoms with E-state index < -0.39 is 21.8 Å². The molecule has 2 amide bonds. The van der Waals surface area contributed by atoms with Gasteiger partial charge in [0.2, 0.25) is 10.0 Å². The number of rotatable bonds is 8. The number of nitrogens with zero attached hydrogens (tertiary/aromatic N) is 1. The Morgan fingerprint density at radius 3 is 2.41 bits per heavy atom. The first-order valence-corrected chi connectivity index (χ1v) is 10.5. The third-order valence-corrected chi connectivity index (χ3v) is 5.88. The maximum absolute atomic E-state index is 12.4. The molecule has 2 aromatic rings. The lowest BCUT2D eigenvalue weighted by molar-refractivity contribution is 0.0664. The zero-order chi connectivity index (χ0) is 19.4. The molecule has 7 heteroatoms. The average Bonchev–Trinajstić information content (AvgIpc) is 2.88. The summed E-state index contributed by atoms with van der Waals surface area (Å²) in [6, 6.07) is 14.9. The number of hydrogen-bond donors (Lipinski definition) is 1. The van der Waals surface area contributed by atoms with Gasteiger partial charge in [0.1, 0.15) is 0 Å². The van der Waals surface area contributed by atoms with Gasteiger partial charge in [0, 0.05) is 13.1 Å². The number of aryl methyl sites for hydroxylation is 2. The number of imide groups is 1. The normalized spacial score (nSPS) is 13.9. The molecule has 1 N–H and O–H groups in total. The first-order valence-electron chi connectivity index (χ1n) is 8.85. The first-order chi connectivity index (χ1) is 12.9. The molecule has 2 aromatic carbocycles. The van der Waals surface area contributed by atoms with E-state index in [0.29, 0.717) is 24.1 Å². The maximum Gasteiger partial charge on any atom is 0.261 e. The van der Waals surface area contributed by atoms with Crippen LogP contribution in [0.15, 0.2) is 48.5 Å². The fourth-order valence-corrected chi connectivity index (χ4v) is 4.08. The van der Waals surface area contributed by atoms with Crippen molar-refractivity contribution in [2.24, 2.45) is 0 Å². The highest BCUT2D eigenvalue weighted by Gasteiger charge is 2.35. The van der Waals surface area contributed by atoms with Gasteiger partial charge < -0.3 is 0 Å². The highest BCUT2D eigenvalue weighted by Crippen LogP contribution is 2.23. The molecular formula is C20H22N2O4S. The van der Waals surface area contributed by atoms with Crippen molar-refractivity contribution in [2.45, 2.75) is 19.8 Å². The predicted octanol–water partition coefficient (Wildman–Crippen LogP) is 2.14. The van der Waals surface area contributed by atoms with Crippen molar-refractivity contribution in [3.8, 4) is 0 Å². The van der Waals surface area contributed by atoms with Gasteiger partial charge in [-0.25, -0.2) is 13.1 Å². The maximum atomic E-state index is 12.4. The molecule has 1 heterocycles. The van der Waals surface area contributed by atoms with Crippen LogP contribution in [0.5, 0.6) is 0 Å². The van der Waals surface area contributed by atoms with Gasteiger partial charge in [0.25, 0.3) is 11.8 Å². The molecule has 0 radical (unpaired) electrons. The van der Waals surface area contributed by atoms with Crippen molar-refractivity contribution >= 4 is 21.8 Å².